The smallest absolute Gasteiger partial charge is 0.226 e. The number of carbonyl (C=O) groups excluding carboxylic acids is 1. The minimum Gasteiger partial charge on any atom is -0.351 e. The van der Waals surface area contributed by atoms with Gasteiger partial charge in [0.1, 0.15) is 0 Å². The van der Waals surface area contributed by atoms with Crippen molar-refractivity contribution in [2.75, 3.05) is 10.2 Å². The van der Waals surface area contributed by atoms with Crippen LogP contribution in [-0.4, -0.2) is 20.6 Å². The van der Waals surface area contributed by atoms with Gasteiger partial charge in [0.05, 0.1) is 17.8 Å². The minimum atomic E-state index is -0.0812. The second kappa shape index (κ2) is 9.35. The average Bonchev–Trinajstić information content (AvgIpc) is 3.40. The Balaban J connectivity index is 1.74. The maximum absolute atomic E-state index is 12.2. The Bertz CT molecular complexity index is 1150. The monoisotopic (exact) mass is 461 g/mol. The molecule has 4 rings (SSSR count). The Morgan fingerprint density at radius 3 is 2.55 bits per heavy atom. The standard InChI is InChI=1S/C26H31N5OS/c1-16(2)25(32)28-21-10-9-20(14-18(21)5)31-24(19-11-13-30(15-19)17(3)4)23(29-26(31)33)22-8-6-7-12-27-22/h6-17,23-24H,1-5H3,(H,28,32)(H,29,33)/t23-,24+/m0/s1. The van der Waals surface area contributed by atoms with Gasteiger partial charge in [-0.25, -0.2) is 0 Å². The van der Waals surface area contributed by atoms with E-state index in [1.807, 2.05) is 57.3 Å². The maximum atomic E-state index is 12.2. The van der Waals surface area contributed by atoms with Crippen LogP contribution in [0, 0.1) is 12.8 Å². The van der Waals surface area contributed by atoms with Crippen molar-refractivity contribution in [2.45, 2.75) is 52.7 Å². The van der Waals surface area contributed by atoms with Gasteiger partial charge in [0, 0.05) is 41.9 Å². The highest BCUT2D eigenvalue weighted by Gasteiger charge is 2.41. The molecule has 1 aliphatic heterocycles. The minimum absolute atomic E-state index is 0.00678. The first-order chi connectivity index (χ1) is 15.8. The SMILES string of the molecule is Cc1cc(N2C(=S)N[C@@H](c3ccccn3)[C@H]2c2ccn(C(C)C)c2)ccc1NC(=O)C(C)C. The summed E-state index contributed by atoms with van der Waals surface area (Å²) in [4.78, 5) is 19.0. The molecule has 7 heteroatoms. The van der Waals surface area contributed by atoms with Gasteiger partial charge in [-0.2, -0.15) is 0 Å². The van der Waals surface area contributed by atoms with Crippen LogP contribution in [0.3, 0.4) is 0 Å². The normalized spacial score (nSPS) is 18.2. The van der Waals surface area contributed by atoms with Gasteiger partial charge < -0.3 is 20.1 Å². The van der Waals surface area contributed by atoms with E-state index in [0.29, 0.717) is 11.2 Å². The Morgan fingerprint density at radius 2 is 1.94 bits per heavy atom. The fraction of sp³-hybridized carbons (Fsp3) is 0.346. The average molecular weight is 462 g/mol. The lowest BCUT2D eigenvalue weighted by Gasteiger charge is -2.28. The van der Waals surface area contributed by atoms with Crippen LogP contribution in [-0.2, 0) is 4.79 Å². The molecule has 0 radical (unpaired) electrons. The van der Waals surface area contributed by atoms with E-state index in [2.05, 4.69) is 63.5 Å². The van der Waals surface area contributed by atoms with Gasteiger partial charge in [0.25, 0.3) is 0 Å². The molecule has 172 valence electrons. The molecule has 2 N–H and O–H groups in total. The Labute approximate surface area is 201 Å². The first-order valence-corrected chi connectivity index (χ1v) is 11.8. The predicted molar refractivity (Wildman–Crippen MR) is 137 cm³/mol. The number of amides is 1. The molecule has 33 heavy (non-hydrogen) atoms. The van der Waals surface area contributed by atoms with Gasteiger partial charge in [-0.3, -0.25) is 9.78 Å². The second-order valence-electron chi connectivity index (χ2n) is 9.13. The molecular weight excluding hydrogens is 430 g/mol. The molecule has 2 atom stereocenters. The summed E-state index contributed by atoms with van der Waals surface area (Å²) in [6.07, 6.45) is 6.12. The third-order valence-corrected chi connectivity index (χ3v) is 6.36. The van der Waals surface area contributed by atoms with Crippen molar-refractivity contribution >= 4 is 34.6 Å². The number of nitrogens with zero attached hydrogens (tertiary/aromatic N) is 3. The van der Waals surface area contributed by atoms with Crippen LogP contribution in [0.15, 0.2) is 61.1 Å². The molecule has 6 nitrogen and oxygen atoms in total. The maximum Gasteiger partial charge on any atom is 0.226 e. The Kier molecular flexibility index (Phi) is 6.51. The highest BCUT2D eigenvalue weighted by atomic mass is 32.1. The number of carbonyl (C=O) groups is 1. The molecule has 0 bridgehead atoms. The van der Waals surface area contributed by atoms with Crippen LogP contribution >= 0.6 is 12.2 Å². The van der Waals surface area contributed by atoms with Crippen molar-refractivity contribution in [3.8, 4) is 0 Å². The molecule has 1 saturated heterocycles. The van der Waals surface area contributed by atoms with E-state index in [-0.39, 0.29) is 23.9 Å². The van der Waals surface area contributed by atoms with Crippen molar-refractivity contribution in [1.82, 2.24) is 14.9 Å². The third-order valence-electron chi connectivity index (χ3n) is 6.04. The lowest BCUT2D eigenvalue weighted by atomic mass is 9.98. The van der Waals surface area contributed by atoms with Gasteiger partial charge in [0.15, 0.2) is 5.11 Å². The molecule has 1 amide bonds. The summed E-state index contributed by atoms with van der Waals surface area (Å²) in [5, 5.41) is 7.17. The lowest BCUT2D eigenvalue weighted by molar-refractivity contribution is -0.118. The van der Waals surface area contributed by atoms with E-state index >= 15 is 0 Å². The molecule has 2 aromatic heterocycles. The topological polar surface area (TPSA) is 62.2 Å². The van der Waals surface area contributed by atoms with Crippen molar-refractivity contribution in [1.29, 1.82) is 0 Å². The highest BCUT2D eigenvalue weighted by molar-refractivity contribution is 7.80. The van der Waals surface area contributed by atoms with E-state index in [0.717, 1.165) is 22.6 Å². The molecule has 0 saturated carbocycles. The van der Waals surface area contributed by atoms with Crippen LogP contribution in [0.4, 0.5) is 11.4 Å². The summed E-state index contributed by atoms with van der Waals surface area (Å²) in [5.41, 5.74) is 4.90. The lowest BCUT2D eigenvalue weighted by Crippen LogP contribution is -2.29. The number of pyridine rings is 1. The van der Waals surface area contributed by atoms with E-state index < -0.39 is 0 Å². The number of aryl methyl sites for hydroxylation is 1. The number of benzene rings is 1. The first-order valence-electron chi connectivity index (χ1n) is 11.4. The summed E-state index contributed by atoms with van der Waals surface area (Å²) in [7, 11) is 0. The van der Waals surface area contributed by atoms with Gasteiger partial charge in [-0.1, -0.05) is 19.9 Å². The molecular formula is C26H31N5OS. The molecule has 1 aromatic carbocycles. The zero-order valence-electron chi connectivity index (χ0n) is 19.7. The van der Waals surface area contributed by atoms with Crippen LogP contribution < -0.4 is 15.5 Å². The fourth-order valence-corrected chi connectivity index (χ4v) is 4.46. The quantitative estimate of drug-likeness (QED) is 0.472. The van der Waals surface area contributed by atoms with Crippen molar-refractivity contribution < 1.29 is 4.79 Å². The fourth-order valence-electron chi connectivity index (χ4n) is 4.11. The van der Waals surface area contributed by atoms with Gasteiger partial charge in [-0.15, -0.1) is 0 Å². The van der Waals surface area contributed by atoms with Crippen molar-refractivity contribution in [2.24, 2.45) is 5.92 Å². The number of thiocarbonyl (C=S) groups is 1. The molecule has 0 aliphatic carbocycles. The number of nitrogens with one attached hydrogen (secondary N) is 2. The number of rotatable bonds is 6. The predicted octanol–water partition coefficient (Wildman–Crippen LogP) is 5.54. The van der Waals surface area contributed by atoms with Gasteiger partial charge in [-0.05, 0) is 80.5 Å². The Morgan fingerprint density at radius 1 is 1.15 bits per heavy atom. The van der Waals surface area contributed by atoms with Crippen LogP contribution in [0.2, 0.25) is 0 Å². The zero-order valence-corrected chi connectivity index (χ0v) is 20.6. The third kappa shape index (κ3) is 4.64. The van der Waals surface area contributed by atoms with Crippen LogP contribution in [0.25, 0.3) is 0 Å². The summed E-state index contributed by atoms with van der Waals surface area (Å²) in [5.74, 6) is -0.0692. The Hall–Kier alpha value is -3.19. The molecule has 3 aromatic rings. The molecule has 0 unspecified atom stereocenters. The first kappa shape index (κ1) is 23.0. The number of aromatic nitrogens is 2. The van der Waals surface area contributed by atoms with E-state index in [1.54, 1.807) is 0 Å². The number of anilines is 2. The van der Waals surface area contributed by atoms with E-state index in [4.69, 9.17) is 12.2 Å². The summed E-state index contributed by atoms with van der Waals surface area (Å²) < 4.78 is 2.21. The molecule has 3 heterocycles. The van der Waals surface area contributed by atoms with Crippen LogP contribution in [0.5, 0.6) is 0 Å². The van der Waals surface area contributed by atoms with Crippen molar-refractivity contribution in [3.63, 3.8) is 0 Å². The molecule has 1 aliphatic rings. The number of hydrogen-bond acceptors (Lipinski definition) is 3. The number of hydrogen-bond donors (Lipinski definition) is 2. The van der Waals surface area contributed by atoms with E-state index in [9.17, 15) is 4.79 Å². The van der Waals surface area contributed by atoms with Crippen molar-refractivity contribution in [3.05, 3.63) is 77.9 Å². The molecule has 0 spiro atoms. The van der Waals surface area contributed by atoms with E-state index in [1.165, 1.54) is 5.56 Å². The highest BCUT2D eigenvalue weighted by Crippen LogP contribution is 2.42. The summed E-state index contributed by atoms with van der Waals surface area (Å²) in [6.45, 7) is 10.1. The molecule has 1 fully saturated rings. The van der Waals surface area contributed by atoms with Gasteiger partial charge in [0.2, 0.25) is 5.91 Å². The van der Waals surface area contributed by atoms with Gasteiger partial charge >= 0.3 is 0 Å². The van der Waals surface area contributed by atoms with Crippen LogP contribution in [0.1, 0.15) is 62.6 Å². The largest absolute Gasteiger partial charge is 0.351 e. The zero-order chi connectivity index (χ0) is 23.7. The summed E-state index contributed by atoms with van der Waals surface area (Å²) >= 11 is 5.83. The second-order valence-corrected chi connectivity index (χ2v) is 9.51. The summed E-state index contributed by atoms with van der Waals surface area (Å²) in [6, 6.07) is 14.4.